The van der Waals surface area contributed by atoms with E-state index in [2.05, 4.69) is 6.07 Å². The van der Waals surface area contributed by atoms with Crippen LogP contribution in [0, 0.1) is 0 Å². The molecule has 0 spiro atoms. The van der Waals surface area contributed by atoms with Crippen molar-refractivity contribution >= 4 is 35.0 Å². The molecule has 0 aliphatic heterocycles. The summed E-state index contributed by atoms with van der Waals surface area (Å²) in [5.41, 5.74) is 7.09. The topological polar surface area (TPSA) is 26.0 Å². The first-order valence-electron chi connectivity index (χ1n) is 5.54. The average Bonchev–Trinajstić information content (AvgIpc) is 2.27. The lowest BCUT2D eigenvalue weighted by Crippen LogP contribution is -2.05. The molecule has 0 aliphatic carbocycles. The van der Waals surface area contributed by atoms with Gasteiger partial charge in [0.25, 0.3) is 0 Å². The van der Waals surface area contributed by atoms with Crippen LogP contribution in [0.25, 0.3) is 0 Å². The number of nitrogens with two attached hydrogens (primary N) is 1. The Morgan fingerprint density at radius 1 is 1.06 bits per heavy atom. The molecule has 2 aromatic rings. The number of hydrogen-bond acceptors (Lipinski definition) is 2. The van der Waals surface area contributed by atoms with E-state index >= 15 is 0 Å². The largest absolute Gasteiger partial charge is 0.324 e. The lowest BCUT2D eigenvalue weighted by atomic mass is 10.1. The van der Waals surface area contributed by atoms with Crippen molar-refractivity contribution in [3.63, 3.8) is 0 Å². The van der Waals surface area contributed by atoms with Crippen molar-refractivity contribution in [1.29, 1.82) is 0 Å². The summed E-state index contributed by atoms with van der Waals surface area (Å²) < 4.78 is 0. The van der Waals surface area contributed by atoms with Crippen LogP contribution in [0.4, 0.5) is 0 Å². The van der Waals surface area contributed by atoms with Gasteiger partial charge in [-0.2, -0.15) is 0 Å². The Labute approximate surface area is 121 Å². The highest BCUT2D eigenvalue weighted by Gasteiger charge is 2.08. The van der Waals surface area contributed by atoms with E-state index < -0.39 is 0 Å². The van der Waals surface area contributed by atoms with Gasteiger partial charge in [-0.1, -0.05) is 53.2 Å². The van der Waals surface area contributed by atoms with Crippen LogP contribution in [-0.2, 0) is 0 Å². The number of halogens is 2. The Hall–Kier alpha value is -0.670. The van der Waals surface area contributed by atoms with Crippen molar-refractivity contribution in [3.05, 3.63) is 58.1 Å². The van der Waals surface area contributed by atoms with Crippen LogP contribution in [-0.4, -0.2) is 0 Å². The highest BCUT2D eigenvalue weighted by Crippen LogP contribution is 2.35. The van der Waals surface area contributed by atoms with Crippen LogP contribution < -0.4 is 5.73 Å². The highest BCUT2D eigenvalue weighted by atomic mass is 35.5. The third-order valence-corrected chi connectivity index (χ3v) is 3.97. The molecule has 0 aliphatic rings. The van der Waals surface area contributed by atoms with Crippen LogP contribution in [0.15, 0.2) is 52.3 Å². The van der Waals surface area contributed by atoms with Crippen molar-refractivity contribution in [2.75, 3.05) is 0 Å². The van der Waals surface area contributed by atoms with Gasteiger partial charge < -0.3 is 5.73 Å². The molecule has 18 heavy (non-hydrogen) atoms. The molecule has 4 heteroatoms. The van der Waals surface area contributed by atoms with Crippen molar-refractivity contribution in [1.82, 2.24) is 0 Å². The van der Waals surface area contributed by atoms with Gasteiger partial charge in [0.2, 0.25) is 0 Å². The number of hydrogen-bond donors (Lipinski definition) is 1. The average molecular weight is 298 g/mol. The zero-order chi connectivity index (χ0) is 13.1. The molecule has 2 rings (SSSR count). The summed E-state index contributed by atoms with van der Waals surface area (Å²) in [5, 5.41) is 1.28. The number of benzene rings is 2. The molecular weight excluding hydrogens is 285 g/mol. The second-order valence-electron chi connectivity index (χ2n) is 4.03. The normalized spacial score (nSPS) is 12.4. The molecule has 0 amide bonds. The van der Waals surface area contributed by atoms with Crippen LogP contribution in [0.1, 0.15) is 18.5 Å². The van der Waals surface area contributed by atoms with Crippen molar-refractivity contribution in [2.24, 2.45) is 5.73 Å². The first-order chi connectivity index (χ1) is 8.56. The van der Waals surface area contributed by atoms with Crippen molar-refractivity contribution in [2.45, 2.75) is 22.8 Å². The Balaban J connectivity index is 2.34. The maximum atomic E-state index is 6.00. The van der Waals surface area contributed by atoms with E-state index in [-0.39, 0.29) is 6.04 Å². The zero-order valence-corrected chi connectivity index (χ0v) is 12.2. The molecule has 0 aromatic heterocycles. The lowest BCUT2D eigenvalue weighted by Gasteiger charge is -2.12. The van der Waals surface area contributed by atoms with E-state index in [0.717, 1.165) is 15.4 Å². The molecule has 94 valence electrons. The molecule has 1 nitrogen and oxygen atoms in total. The number of rotatable bonds is 3. The molecule has 0 unspecified atom stereocenters. The third-order valence-electron chi connectivity index (χ3n) is 2.47. The van der Waals surface area contributed by atoms with Crippen LogP contribution in [0.2, 0.25) is 10.0 Å². The molecule has 0 saturated heterocycles. The summed E-state index contributed by atoms with van der Waals surface area (Å²) in [5.74, 6) is 0. The first-order valence-corrected chi connectivity index (χ1v) is 7.12. The van der Waals surface area contributed by atoms with E-state index in [4.69, 9.17) is 28.9 Å². The van der Waals surface area contributed by atoms with E-state index in [1.54, 1.807) is 17.8 Å². The molecule has 1 atom stereocenters. The molecule has 0 radical (unpaired) electrons. The Kier molecular flexibility index (Phi) is 4.57. The predicted molar refractivity (Wildman–Crippen MR) is 79.6 cm³/mol. The fourth-order valence-corrected chi connectivity index (χ4v) is 3.46. The molecule has 2 aromatic carbocycles. The van der Waals surface area contributed by atoms with E-state index in [9.17, 15) is 0 Å². The van der Waals surface area contributed by atoms with E-state index in [1.165, 1.54) is 0 Å². The lowest BCUT2D eigenvalue weighted by molar-refractivity contribution is 0.797. The fourth-order valence-electron chi connectivity index (χ4n) is 1.66. The summed E-state index contributed by atoms with van der Waals surface area (Å²) in [6.07, 6.45) is 0. The van der Waals surface area contributed by atoms with E-state index in [1.807, 2.05) is 37.3 Å². The molecule has 2 N–H and O–H groups in total. The summed E-state index contributed by atoms with van der Waals surface area (Å²) in [4.78, 5) is 2.14. The summed E-state index contributed by atoms with van der Waals surface area (Å²) in [6.45, 7) is 1.98. The smallest absolute Gasteiger partial charge is 0.0432 e. The Bertz CT molecular complexity index is 535. The molecule has 0 saturated carbocycles. The van der Waals surface area contributed by atoms with Gasteiger partial charge in [-0.15, -0.1) is 0 Å². The van der Waals surface area contributed by atoms with Crippen LogP contribution >= 0.6 is 35.0 Å². The maximum Gasteiger partial charge on any atom is 0.0432 e. The SMILES string of the molecule is C[C@@H](N)c1ccccc1Sc1cc(Cl)cc(Cl)c1. The second-order valence-corrected chi connectivity index (χ2v) is 6.02. The summed E-state index contributed by atoms with van der Waals surface area (Å²) in [7, 11) is 0. The summed E-state index contributed by atoms with van der Waals surface area (Å²) in [6, 6.07) is 13.6. The minimum absolute atomic E-state index is 0.00311. The van der Waals surface area contributed by atoms with Crippen molar-refractivity contribution in [3.8, 4) is 0 Å². The molecule has 0 heterocycles. The van der Waals surface area contributed by atoms with Crippen molar-refractivity contribution < 1.29 is 0 Å². The predicted octanol–water partition coefficient (Wildman–Crippen LogP) is 5.16. The second kappa shape index (κ2) is 5.98. The van der Waals surface area contributed by atoms with Gasteiger partial charge in [0.05, 0.1) is 0 Å². The summed E-state index contributed by atoms with van der Waals surface area (Å²) >= 11 is 13.6. The molecule has 0 bridgehead atoms. The van der Waals surface area contributed by atoms with Gasteiger partial charge in [0.15, 0.2) is 0 Å². The van der Waals surface area contributed by atoms with Gasteiger partial charge in [-0.3, -0.25) is 0 Å². The van der Waals surface area contributed by atoms with Gasteiger partial charge in [0.1, 0.15) is 0 Å². The van der Waals surface area contributed by atoms with Crippen LogP contribution in [0.5, 0.6) is 0 Å². The van der Waals surface area contributed by atoms with Gasteiger partial charge in [0, 0.05) is 25.9 Å². The Morgan fingerprint density at radius 3 is 2.28 bits per heavy atom. The monoisotopic (exact) mass is 297 g/mol. The Morgan fingerprint density at radius 2 is 1.67 bits per heavy atom. The minimum atomic E-state index is 0.00311. The van der Waals surface area contributed by atoms with Gasteiger partial charge in [-0.05, 0) is 36.8 Å². The third kappa shape index (κ3) is 3.42. The highest BCUT2D eigenvalue weighted by molar-refractivity contribution is 7.99. The first kappa shape index (κ1) is 13.8. The van der Waals surface area contributed by atoms with E-state index in [0.29, 0.717) is 10.0 Å². The molecule has 0 fully saturated rings. The fraction of sp³-hybridized carbons (Fsp3) is 0.143. The van der Waals surface area contributed by atoms with Gasteiger partial charge >= 0.3 is 0 Å². The van der Waals surface area contributed by atoms with Crippen LogP contribution in [0.3, 0.4) is 0 Å². The molecular formula is C14H13Cl2NS. The maximum absolute atomic E-state index is 6.00. The van der Waals surface area contributed by atoms with Gasteiger partial charge in [-0.25, -0.2) is 0 Å². The quantitative estimate of drug-likeness (QED) is 0.846. The zero-order valence-electron chi connectivity index (χ0n) is 9.86. The standard InChI is InChI=1S/C14H13Cl2NS/c1-9(17)13-4-2-3-5-14(13)18-12-7-10(15)6-11(16)8-12/h2-9H,17H2,1H3/t9-/m1/s1. The minimum Gasteiger partial charge on any atom is -0.324 e.